The topological polar surface area (TPSA) is 67.3 Å². The lowest BCUT2D eigenvalue weighted by atomic mass is 10.0. The summed E-state index contributed by atoms with van der Waals surface area (Å²) in [5.74, 6) is 1.23. The number of rotatable bonds is 5. The third-order valence-electron chi connectivity index (χ3n) is 3.86. The van der Waals surface area contributed by atoms with Gasteiger partial charge in [-0.05, 0) is 33.3 Å². The molecule has 0 saturated carbocycles. The summed E-state index contributed by atoms with van der Waals surface area (Å²) in [6.07, 6.45) is 2.51. The minimum atomic E-state index is -0.426. The average molecular weight is 306 g/mol. The van der Waals surface area contributed by atoms with Crippen molar-refractivity contribution < 1.29 is 9.53 Å². The van der Waals surface area contributed by atoms with Gasteiger partial charge in [-0.3, -0.25) is 4.79 Å². The molecule has 0 bridgehead atoms. The van der Waals surface area contributed by atoms with Gasteiger partial charge in [0.1, 0.15) is 5.82 Å². The zero-order valence-corrected chi connectivity index (χ0v) is 13.9. The first-order valence-corrected chi connectivity index (χ1v) is 7.95. The Labute approximate surface area is 132 Å². The molecule has 2 heterocycles. The van der Waals surface area contributed by atoms with Gasteiger partial charge in [0.25, 0.3) is 0 Å². The second-order valence-corrected chi connectivity index (χ2v) is 6.30. The number of ether oxygens (including phenoxy) is 1. The number of hydrogen-bond donors (Lipinski definition) is 1. The van der Waals surface area contributed by atoms with Gasteiger partial charge in [-0.25, -0.2) is 9.97 Å². The van der Waals surface area contributed by atoms with E-state index in [9.17, 15) is 4.79 Å². The molecule has 1 aromatic rings. The monoisotopic (exact) mass is 306 g/mol. The van der Waals surface area contributed by atoms with Crippen molar-refractivity contribution in [2.75, 3.05) is 24.5 Å². The summed E-state index contributed by atoms with van der Waals surface area (Å²) in [7, 11) is 0. The number of hydrogen-bond acceptors (Lipinski definition) is 6. The molecule has 122 valence electrons. The van der Waals surface area contributed by atoms with E-state index in [0.29, 0.717) is 12.2 Å². The Morgan fingerprint density at radius 2 is 2.32 bits per heavy atom. The van der Waals surface area contributed by atoms with Crippen molar-refractivity contribution in [3.8, 4) is 0 Å². The number of piperazine rings is 1. The van der Waals surface area contributed by atoms with E-state index in [1.165, 1.54) is 0 Å². The third kappa shape index (κ3) is 3.94. The first kappa shape index (κ1) is 16.7. The summed E-state index contributed by atoms with van der Waals surface area (Å²) in [5.41, 5.74) is -0.00794. The van der Waals surface area contributed by atoms with Crippen molar-refractivity contribution in [1.29, 1.82) is 0 Å². The molecule has 6 heteroatoms. The van der Waals surface area contributed by atoms with Gasteiger partial charge in [0.2, 0.25) is 0 Å². The molecule has 1 aliphatic heterocycles. The van der Waals surface area contributed by atoms with E-state index in [1.54, 1.807) is 6.20 Å². The van der Waals surface area contributed by atoms with Gasteiger partial charge < -0.3 is 15.0 Å². The highest BCUT2D eigenvalue weighted by atomic mass is 16.5. The maximum Gasteiger partial charge on any atom is 0.306 e. The molecule has 1 N–H and O–H groups in total. The van der Waals surface area contributed by atoms with Crippen LogP contribution in [0, 0.1) is 0 Å². The highest BCUT2D eigenvalue weighted by molar-refractivity contribution is 5.69. The van der Waals surface area contributed by atoms with Crippen LogP contribution in [0.5, 0.6) is 0 Å². The van der Waals surface area contributed by atoms with Gasteiger partial charge in [0.05, 0.1) is 0 Å². The normalized spacial score (nSPS) is 18.8. The van der Waals surface area contributed by atoms with E-state index in [4.69, 9.17) is 4.74 Å². The largest absolute Gasteiger partial charge is 0.454 e. The quantitative estimate of drug-likeness (QED) is 0.840. The smallest absolute Gasteiger partial charge is 0.306 e. The predicted molar refractivity (Wildman–Crippen MR) is 85.7 cm³/mol. The Bertz CT molecular complexity index is 519. The Hall–Kier alpha value is -1.69. The van der Waals surface area contributed by atoms with Crippen LogP contribution < -0.4 is 10.2 Å². The summed E-state index contributed by atoms with van der Waals surface area (Å²) < 4.78 is 5.38. The Balaban J connectivity index is 2.14. The fourth-order valence-electron chi connectivity index (χ4n) is 2.63. The zero-order chi connectivity index (χ0) is 16.2. The van der Waals surface area contributed by atoms with Gasteiger partial charge in [0.15, 0.2) is 11.9 Å². The van der Waals surface area contributed by atoms with Gasteiger partial charge in [0, 0.05) is 37.8 Å². The van der Waals surface area contributed by atoms with Crippen molar-refractivity contribution >= 4 is 11.8 Å². The second kappa shape index (κ2) is 7.05. The van der Waals surface area contributed by atoms with Gasteiger partial charge in [-0.2, -0.15) is 0 Å². The number of carbonyl (C=O) groups excluding carboxylic acids is 1. The summed E-state index contributed by atoms with van der Waals surface area (Å²) in [4.78, 5) is 22.8. The first-order chi connectivity index (χ1) is 10.4. The van der Waals surface area contributed by atoms with Crippen molar-refractivity contribution in [2.24, 2.45) is 0 Å². The van der Waals surface area contributed by atoms with Crippen molar-refractivity contribution in [2.45, 2.75) is 52.2 Å². The molecule has 1 aromatic heterocycles. The lowest BCUT2D eigenvalue weighted by Crippen LogP contribution is -2.58. The molecule has 0 aromatic carbocycles. The molecule has 0 aliphatic carbocycles. The lowest BCUT2D eigenvalue weighted by molar-refractivity contribution is -0.149. The Kier molecular flexibility index (Phi) is 5.34. The Morgan fingerprint density at radius 1 is 1.55 bits per heavy atom. The molecule has 1 saturated heterocycles. The zero-order valence-electron chi connectivity index (χ0n) is 13.9. The molecule has 1 atom stereocenters. The van der Waals surface area contributed by atoms with Crippen molar-refractivity contribution in [3.63, 3.8) is 0 Å². The van der Waals surface area contributed by atoms with Crippen LogP contribution in [0.1, 0.15) is 52.5 Å². The molecule has 1 fully saturated rings. The van der Waals surface area contributed by atoms with Crippen LogP contribution in [0.4, 0.5) is 5.82 Å². The molecule has 2 rings (SSSR count). The number of nitrogens with one attached hydrogen (secondary N) is 1. The van der Waals surface area contributed by atoms with Gasteiger partial charge in [-0.15, -0.1) is 0 Å². The van der Waals surface area contributed by atoms with E-state index in [0.717, 1.165) is 31.9 Å². The van der Waals surface area contributed by atoms with E-state index >= 15 is 0 Å². The number of esters is 1. The predicted octanol–water partition coefficient (Wildman–Crippen LogP) is 2.07. The molecule has 22 heavy (non-hydrogen) atoms. The van der Waals surface area contributed by atoms with Crippen LogP contribution in [0.2, 0.25) is 0 Å². The molecule has 0 unspecified atom stereocenters. The summed E-state index contributed by atoms with van der Waals surface area (Å²) in [6.45, 7) is 10.9. The molecular weight excluding hydrogens is 280 g/mol. The SMILES string of the molecule is CCCC(=O)O[C@H](C)c1nccc(N2CCNCC2(C)C)n1. The fourth-order valence-corrected chi connectivity index (χ4v) is 2.63. The maximum atomic E-state index is 11.6. The number of nitrogens with zero attached hydrogens (tertiary/aromatic N) is 3. The maximum absolute atomic E-state index is 11.6. The van der Waals surface area contributed by atoms with Gasteiger partial charge >= 0.3 is 5.97 Å². The third-order valence-corrected chi connectivity index (χ3v) is 3.86. The first-order valence-electron chi connectivity index (χ1n) is 7.95. The van der Waals surface area contributed by atoms with Crippen LogP contribution in [0.3, 0.4) is 0 Å². The van der Waals surface area contributed by atoms with E-state index < -0.39 is 6.10 Å². The molecular formula is C16H26N4O2. The minimum absolute atomic E-state index is 0.00794. The van der Waals surface area contributed by atoms with Crippen LogP contribution in [0.15, 0.2) is 12.3 Å². The highest BCUT2D eigenvalue weighted by Gasteiger charge is 2.31. The Morgan fingerprint density at radius 3 is 3.00 bits per heavy atom. The summed E-state index contributed by atoms with van der Waals surface area (Å²) >= 11 is 0. The number of anilines is 1. The van der Waals surface area contributed by atoms with Crippen LogP contribution >= 0.6 is 0 Å². The second-order valence-electron chi connectivity index (χ2n) is 6.30. The molecule has 1 aliphatic rings. The standard InChI is InChI=1S/C16H26N4O2/c1-5-6-14(21)22-12(2)15-18-8-7-13(19-15)20-10-9-17-11-16(20,3)4/h7-8,12,17H,5-6,9-11H2,1-4H3/t12-/m1/s1. The summed E-state index contributed by atoms with van der Waals surface area (Å²) in [6, 6.07) is 1.91. The number of aromatic nitrogens is 2. The average Bonchev–Trinajstić information content (AvgIpc) is 2.47. The molecule has 0 radical (unpaired) electrons. The van der Waals surface area contributed by atoms with E-state index in [-0.39, 0.29) is 11.5 Å². The van der Waals surface area contributed by atoms with Crippen LogP contribution in [-0.4, -0.2) is 41.1 Å². The number of carbonyl (C=O) groups is 1. The fraction of sp³-hybridized carbons (Fsp3) is 0.688. The molecule has 0 spiro atoms. The van der Waals surface area contributed by atoms with Crippen LogP contribution in [0.25, 0.3) is 0 Å². The minimum Gasteiger partial charge on any atom is -0.454 e. The van der Waals surface area contributed by atoms with Gasteiger partial charge in [-0.1, -0.05) is 6.92 Å². The van der Waals surface area contributed by atoms with Crippen molar-refractivity contribution in [1.82, 2.24) is 15.3 Å². The van der Waals surface area contributed by atoms with E-state index in [2.05, 4.69) is 34.0 Å². The van der Waals surface area contributed by atoms with E-state index in [1.807, 2.05) is 19.9 Å². The lowest BCUT2D eigenvalue weighted by Gasteiger charge is -2.43. The highest BCUT2D eigenvalue weighted by Crippen LogP contribution is 2.24. The van der Waals surface area contributed by atoms with Crippen LogP contribution in [-0.2, 0) is 9.53 Å². The molecule has 6 nitrogen and oxygen atoms in total. The molecule has 0 amide bonds. The van der Waals surface area contributed by atoms with Crippen molar-refractivity contribution in [3.05, 3.63) is 18.1 Å². The summed E-state index contributed by atoms with van der Waals surface area (Å²) in [5, 5.41) is 3.40.